The molecule has 4 heteroatoms. The molecule has 1 rings (SSSR count). The number of rotatable bonds is 6. The highest BCUT2D eigenvalue weighted by molar-refractivity contribution is 7.99. The van der Waals surface area contributed by atoms with Crippen LogP contribution >= 0.6 is 11.8 Å². The summed E-state index contributed by atoms with van der Waals surface area (Å²) in [6.07, 6.45) is 0. The lowest BCUT2D eigenvalue weighted by atomic mass is 9.93. The number of carbonyl (C=O) groups is 1. The smallest absolute Gasteiger partial charge is 0.331 e. The van der Waals surface area contributed by atoms with Crippen LogP contribution in [-0.2, 0) is 15.1 Å². The summed E-state index contributed by atoms with van der Waals surface area (Å²) in [5, 5.41) is 0. The summed E-state index contributed by atoms with van der Waals surface area (Å²) < 4.78 is 4.85. The summed E-state index contributed by atoms with van der Waals surface area (Å²) in [5.74, 6) is 1.70. The maximum Gasteiger partial charge on any atom is 0.331 e. The largest absolute Gasteiger partial charge is 0.467 e. The second kappa shape index (κ2) is 6.81. The summed E-state index contributed by atoms with van der Waals surface area (Å²) >= 11 is 1.68. The summed E-state index contributed by atoms with van der Waals surface area (Å²) in [6, 6.07) is 9.40. The third kappa shape index (κ3) is 3.75. The second-order valence-electron chi connectivity index (χ2n) is 4.74. The molecule has 0 aliphatic rings. The average Bonchev–Trinajstić information content (AvgIpc) is 2.38. The average molecular weight is 267 g/mol. The van der Waals surface area contributed by atoms with Gasteiger partial charge < -0.3 is 10.5 Å². The van der Waals surface area contributed by atoms with Crippen LogP contribution in [0.2, 0.25) is 0 Å². The molecule has 0 aliphatic heterocycles. The molecule has 18 heavy (non-hydrogen) atoms. The van der Waals surface area contributed by atoms with Crippen LogP contribution in [0.3, 0.4) is 0 Å². The van der Waals surface area contributed by atoms with Crippen molar-refractivity contribution >= 4 is 17.7 Å². The number of methoxy groups -OCH3 is 1. The second-order valence-corrected chi connectivity index (χ2v) is 5.77. The van der Waals surface area contributed by atoms with Crippen molar-refractivity contribution in [1.29, 1.82) is 0 Å². The molecule has 0 aliphatic carbocycles. The lowest BCUT2D eigenvalue weighted by Gasteiger charge is -2.27. The molecule has 1 aromatic carbocycles. The fourth-order valence-corrected chi connectivity index (χ4v) is 2.83. The van der Waals surface area contributed by atoms with E-state index >= 15 is 0 Å². The zero-order chi connectivity index (χ0) is 13.6. The SMILES string of the molecule is COC(=O)C(N)(CSCC(C)C)c1ccccc1. The molecule has 0 saturated heterocycles. The lowest BCUT2D eigenvalue weighted by molar-refractivity contribution is -0.146. The van der Waals surface area contributed by atoms with E-state index in [2.05, 4.69) is 13.8 Å². The zero-order valence-corrected chi connectivity index (χ0v) is 12.0. The van der Waals surface area contributed by atoms with Gasteiger partial charge in [-0.3, -0.25) is 0 Å². The maximum atomic E-state index is 11.9. The van der Waals surface area contributed by atoms with Gasteiger partial charge in [-0.15, -0.1) is 0 Å². The molecule has 0 heterocycles. The number of hydrogen-bond donors (Lipinski definition) is 1. The van der Waals surface area contributed by atoms with Crippen molar-refractivity contribution in [3.8, 4) is 0 Å². The summed E-state index contributed by atoms with van der Waals surface area (Å²) in [5.41, 5.74) is 6.00. The third-order valence-corrected chi connectivity index (χ3v) is 4.18. The number of ether oxygens (including phenoxy) is 1. The molecule has 0 spiro atoms. The molecular weight excluding hydrogens is 246 g/mol. The Kier molecular flexibility index (Phi) is 5.69. The fourth-order valence-electron chi connectivity index (χ4n) is 1.63. The number of esters is 1. The van der Waals surface area contributed by atoms with Crippen LogP contribution in [-0.4, -0.2) is 24.6 Å². The van der Waals surface area contributed by atoms with Crippen LogP contribution in [0.15, 0.2) is 30.3 Å². The van der Waals surface area contributed by atoms with Gasteiger partial charge in [-0.2, -0.15) is 11.8 Å². The predicted molar refractivity (Wildman–Crippen MR) is 76.5 cm³/mol. The predicted octanol–water partition coefficient (Wildman–Crippen LogP) is 2.40. The van der Waals surface area contributed by atoms with Gasteiger partial charge in [0.2, 0.25) is 0 Å². The molecule has 0 saturated carbocycles. The maximum absolute atomic E-state index is 11.9. The zero-order valence-electron chi connectivity index (χ0n) is 11.2. The van der Waals surface area contributed by atoms with E-state index in [1.807, 2.05) is 30.3 Å². The van der Waals surface area contributed by atoms with Gasteiger partial charge in [0, 0.05) is 5.75 Å². The van der Waals surface area contributed by atoms with Gasteiger partial charge in [0.1, 0.15) is 5.54 Å². The van der Waals surface area contributed by atoms with Gasteiger partial charge >= 0.3 is 5.97 Å². The number of nitrogens with two attached hydrogens (primary N) is 1. The Morgan fingerprint density at radius 3 is 2.50 bits per heavy atom. The van der Waals surface area contributed by atoms with Gasteiger partial charge in [0.15, 0.2) is 0 Å². The molecule has 2 N–H and O–H groups in total. The first-order valence-electron chi connectivity index (χ1n) is 6.01. The molecule has 1 aromatic rings. The molecule has 1 atom stereocenters. The van der Waals surface area contributed by atoms with Gasteiger partial charge in [0.25, 0.3) is 0 Å². The quantitative estimate of drug-likeness (QED) is 0.804. The summed E-state index contributed by atoms with van der Waals surface area (Å²) in [7, 11) is 1.37. The molecule has 0 fully saturated rings. The molecule has 1 unspecified atom stereocenters. The number of carbonyl (C=O) groups excluding carboxylic acids is 1. The minimum atomic E-state index is -1.06. The highest BCUT2D eigenvalue weighted by atomic mass is 32.2. The lowest BCUT2D eigenvalue weighted by Crippen LogP contribution is -2.48. The highest BCUT2D eigenvalue weighted by Crippen LogP contribution is 2.25. The highest BCUT2D eigenvalue weighted by Gasteiger charge is 2.37. The van der Waals surface area contributed by atoms with E-state index in [0.717, 1.165) is 11.3 Å². The Bertz CT molecular complexity index is 381. The molecule has 100 valence electrons. The standard InChI is InChI=1S/C14H21NO2S/c1-11(2)9-18-10-14(15,13(16)17-3)12-7-5-4-6-8-12/h4-8,11H,9-10,15H2,1-3H3. The summed E-state index contributed by atoms with van der Waals surface area (Å²) in [4.78, 5) is 11.9. The first kappa shape index (κ1) is 15.1. The Morgan fingerprint density at radius 1 is 1.39 bits per heavy atom. The Labute approximate surface area is 113 Å². The van der Waals surface area contributed by atoms with Crippen molar-refractivity contribution in [2.45, 2.75) is 19.4 Å². The van der Waals surface area contributed by atoms with Crippen molar-refractivity contribution in [2.24, 2.45) is 11.7 Å². The Hall–Kier alpha value is -1.00. The molecular formula is C14H21NO2S. The van der Waals surface area contributed by atoms with E-state index in [9.17, 15) is 4.79 Å². The van der Waals surface area contributed by atoms with E-state index in [1.54, 1.807) is 11.8 Å². The summed E-state index contributed by atoms with van der Waals surface area (Å²) in [6.45, 7) is 4.29. The first-order chi connectivity index (χ1) is 8.50. The molecule has 0 radical (unpaired) electrons. The van der Waals surface area contributed by atoms with E-state index in [1.165, 1.54) is 7.11 Å². The minimum Gasteiger partial charge on any atom is -0.467 e. The Balaban J connectivity index is 2.86. The normalized spacial score (nSPS) is 14.3. The van der Waals surface area contributed by atoms with Gasteiger partial charge in [-0.05, 0) is 17.2 Å². The van der Waals surface area contributed by atoms with Crippen molar-refractivity contribution in [3.63, 3.8) is 0 Å². The van der Waals surface area contributed by atoms with Crippen molar-refractivity contribution in [2.75, 3.05) is 18.6 Å². The van der Waals surface area contributed by atoms with Crippen LogP contribution in [0.4, 0.5) is 0 Å². The number of benzene rings is 1. The van der Waals surface area contributed by atoms with E-state index in [4.69, 9.17) is 10.5 Å². The van der Waals surface area contributed by atoms with Crippen molar-refractivity contribution in [1.82, 2.24) is 0 Å². The van der Waals surface area contributed by atoms with E-state index in [0.29, 0.717) is 11.7 Å². The van der Waals surface area contributed by atoms with Gasteiger partial charge in [-0.25, -0.2) is 4.79 Å². The van der Waals surface area contributed by atoms with Gasteiger partial charge in [0.05, 0.1) is 7.11 Å². The van der Waals surface area contributed by atoms with Crippen LogP contribution in [0.5, 0.6) is 0 Å². The minimum absolute atomic E-state index is 0.384. The fraction of sp³-hybridized carbons (Fsp3) is 0.500. The van der Waals surface area contributed by atoms with E-state index < -0.39 is 5.54 Å². The van der Waals surface area contributed by atoms with Crippen LogP contribution in [0, 0.1) is 5.92 Å². The number of hydrogen-bond acceptors (Lipinski definition) is 4. The first-order valence-corrected chi connectivity index (χ1v) is 7.16. The van der Waals surface area contributed by atoms with E-state index in [-0.39, 0.29) is 5.97 Å². The monoisotopic (exact) mass is 267 g/mol. The van der Waals surface area contributed by atoms with Crippen LogP contribution in [0.1, 0.15) is 19.4 Å². The number of thioether (sulfide) groups is 1. The van der Waals surface area contributed by atoms with Crippen molar-refractivity contribution in [3.05, 3.63) is 35.9 Å². The molecule has 3 nitrogen and oxygen atoms in total. The van der Waals surface area contributed by atoms with Crippen LogP contribution in [0.25, 0.3) is 0 Å². The third-order valence-electron chi connectivity index (χ3n) is 2.62. The van der Waals surface area contributed by atoms with Crippen molar-refractivity contribution < 1.29 is 9.53 Å². The topological polar surface area (TPSA) is 52.3 Å². The van der Waals surface area contributed by atoms with Gasteiger partial charge in [-0.1, -0.05) is 44.2 Å². The molecule has 0 amide bonds. The Morgan fingerprint density at radius 2 is 2.00 bits per heavy atom. The molecule has 0 aromatic heterocycles. The van der Waals surface area contributed by atoms with Crippen LogP contribution < -0.4 is 5.73 Å². The molecule has 0 bridgehead atoms.